The van der Waals surface area contributed by atoms with Crippen molar-refractivity contribution in [2.75, 3.05) is 18.1 Å². The molecule has 1 amide bonds. The molecule has 8 heteroatoms. The van der Waals surface area contributed by atoms with Crippen molar-refractivity contribution in [3.63, 3.8) is 0 Å². The van der Waals surface area contributed by atoms with Crippen molar-refractivity contribution in [2.24, 2.45) is 17.8 Å². The fraction of sp³-hybridized carbons (Fsp3) is 0.550. The second-order valence-corrected chi connectivity index (χ2v) is 7.49. The Hall–Kier alpha value is -2.77. The maximum Gasteiger partial charge on any atom is 0.307 e. The Morgan fingerprint density at radius 3 is 2.50 bits per heavy atom. The van der Waals surface area contributed by atoms with Crippen LogP contribution in [0.25, 0.3) is 0 Å². The van der Waals surface area contributed by atoms with Crippen LogP contribution >= 0.6 is 0 Å². The van der Waals surface area contributed by atoms with E-state index in [1.54, 1.807) is 19.1 Å². The third-order valence-electron chi connectivity index (χ3n) is 5.11. The Kier molecular flexibility index (Phi) is 7.25. The van der Waals surface area contributed by atoms with Crippen LogP contribution < -0.4 is 4.90 Å². The minimum atomic E-state index is -0.724. The SMILES string of the molecule is CC(C)N(C(=O)COC(=O)C[C@H]1C(=O)C[C@H](C)[C@H]1C[N+](=O)[O-])c1ccccc1. The fourth-order valence-electron chi connectivity index (χ4n) is 3.77. The molecule has 28 heavy (non-hydrogen) atoms. The zero-order valence-corrected chi connectivity index (χ0v) is 16.4. The van der Waals surface area contributed by atoms with Crippen LogP contribution in [0, 0.1) is 27.9 Å². The number of rotatable bonds is 8. The van der Waals surface area contributed by atoms with E-state index in [0.717, 1.165) is 0 Å². The highest BCUT2D eigenvalue weighted by Gasteiger charge is 2.44. The largest absolute Gasteiger partial charge is 0.456 e. The first-order valence-electron chi connectivity index (χ1n) is 9.38. The Morgan fingerprint density at radius 2 is 1.93 bits per heavy atom. The molecule has 0 aliphatic heterocycles. The summed E-state index contributed by atoms with van der Waals surface area (Å²) in [6.45, 7) is 4.70. The van der Waals surface area contributed by atoms with Crippen LogP contribution in [0.3, 0.4) is 0 Å². The van der Waals surface area contributed by atoms with Crippen molar-refractivity contribution in [1.29, 1.82) is 0 Å². The van der Waals surface area contributed by atoms with E-state index in [1.165, 1.54) is 4.90 Å². The molecule has 1 saturated carbocycles. The van der Waals surface area contributed by atoms with Gasteiger partial charge in [0.2, 0.25) is 6.54 Å². The van der Waals surface area contributed by atoms with Gasteiger partial charge in [-0.1, -0.05) is 25.1 Å². The number of hydrogen-bond acceptors (Lipinski definition) is 6. The summed E-state index contributed by atoms with van der Waals surface area (Å²) in [5.74, 6) is -2.57. The smallest absolute Gasteiger partial charge is 0.307 e. The third-order valence-corrected chi connectivity index (χ3v) is 5.11. The van der Waals surface area contributed by atoms with Crippen LogP contribution in [0.2, 0.25) is 0 Å². The van der Waals surface area contributed by atoms with Crippen LogP contribution in [0.4, 0.5) is 5.69 Å². The number of esters is 1. The highest BCUT2D eigenvalue weighted by Crippen LogP contribution is 2.36. The number of benzene rings is 1. The van der Waals surface area contributed by atoms with Gasteiger partial charge in [0, 0.05) is 34.9 Å². The van der Waals surface area contributed by atoms with Crippen molar-refractivity contribution < 1.29 is 24.0 Å². The molecule has 1 aromatic rings. The van der Waals surface area contributed by atoms with Gasteiger partial charge in [0.05, 0.1) is 6.42 Å². The van der Waals surface area contributed by atoms with Crippen LogP contribution in [0.5, 0.6) is 0 Å². The summed E-state index contributed by atoms with van der Waals surface area (Å²) < 4.78 is 5.10. The first kappa shape index (κ1) is 21.5. The minimum absolute atomic E-state index is 0.129. The molecule has 0 spiro atoms. The molecule has 152 valence electrons. The van der Waals surface area contributed by atoms with Crippen molar-refractivity contribution in [1.82, 2.24) is 0 Å². The zero-order valence-electron chi connectivity index (χ0n) is 16.4. The average Bonchev–Trinajstić information content (AvgIpc) is 2.87. The molecule has 0 saturated heterocycles. The maximum absolute atomic E-state index is 12.5. The van der Waals surface area contributed by atoms with E-state index in [4.69, 9.17) is 4.74 Å². The van der Waals surface area contributed by atoms with Crippen molar-refractivity contribution in [3.8, 4) is 0 Å². The first-order valence-corrected chi connectivity index (χ1v) is 9.38. The normalized spacial score (nSPS) is 21.6. The lowest BCUT2D eigenvalue weighted by Gasteiger charge is -2.26. The molecule has 0 aromatic heterocycles. The molecule has 1 aromatic carbocycles. The number of amides is 1. The molecule has 1 aliphatic carbocycles. The maximum atomic E-state index is 12.5. The van der Waals surface area contributed by atoms with E-state index < -0.39 is 29.3 Å². The number of ketones is 1. The van der Waals surface area contributed by atoms with E-state index in [2.05, 4.69) is 0 Å². The molecule has 0 bridgehead atoms. The third kappa shape index (κ3) is 5.37. The van der Waals surface area contributed by atoms with Crippen molar-refractivity contribution in [3.05, 3.63) is 40.4 Å². The molecule has 0 heterocycles. The molecule has 2 rings (SSSR count). The predicted octanol–water partition coefficient (Wildman–Crippen LogP) is 2.48. The molecule has 0 N–H and O–H groups in total. The standard InChI is InChI=1S/C20H26N2O6/c1-13(2)22(15-7-5-4-6-8-15)19(24)12-28-20(25)10-16-17(11-21(26)27)14(3)9-18(16)23/h4-8,13-14,16-17H,9-12H2,1-3H3/t14-,16+,17+/m0/s1. The van der Waals surface area contributed by atoms with E-state index >= 15 is 0 Å². The van der Waals surface area contributed by atoms with Crippen LogP contribution in [0.1, 0.15) is 33.6 Å². The number of hydrogen-bond donors (Lipinski definition) is 0. The lowest BCUT2D eigenvalue weighted by molar-refractivity contribution is -0.490. The van der Waals surface area contributed by atoms with E-state index in [0.29, 0.717) is 5.69 Å². The summed E-state index contributed by atoms with van der Waals surface area (Å²) in [6, 6.07) is 8.92. The summed E-state index contributed by atoms with van der Waals surface area (Å²) in [4.78, 5) is 48.8. The summed E-state index contributed by atoms with van der Waals surface area (Å²) in [6.07, 6.45) is -0.00745. The monoisotopic (exact) mass is 390 g/mol. The van der Waals surface area contributed by atoms with Crippen LogP contribution in [-0.4, -0.2) is 41.8 Å². The number of nitrogens with zero attached hydrogens (tertiary/aromatic N) is 2. The number of ether oxygens (including phenoxy) is 1. The summed E-state index contributed by atoms with van der Waals surface area (Å²) in [7, 11) is 0. The van der Waals surface area contributed by atoms with Gasteiger partial charge >= 0.3 is 5.97 Å². The Labute approximate surface area is 164 Å². The Balaban J connectivity index is 1.96. The van der Waals surface area contributed by atoms with E-state index in [1.807, 2.05) is 32.0 Å². The average molecular weight is 390 g/mol. The highest BCUT2D eigenvalue weighted by molar-refractivity contribution is 5.96. The number of para-hydroxylation sites is 1. The van der Waals surface area contributed by atoms with Crippen molar-refractivity contribution >= 4 is 23.3 Å². The lowest BCUT2D eigenvalue weighted by atomic mass is 9.88. The van der Waals surface area contributed by atoms with Gasteiger partial charge in [0.15, 0.2) is 6.61 Å². The summed E-state index contributed by atoms with van der Waals surface area (Å²) >= 11 is 0. The van der Waals surface area contributed by atoms with E-state index in [9.17, 15) is 24.5 Å². The second kappa shape index (κ2) is 9.43. The summed E-state index contributed by atoms with van der Waals surface area (Å²) in [5.41, 5.74) is 0.699. The lowest BCUT2D eigenvalue weighted by Crippen LogP contribution is -2.40. The van der Waals surface area contributed by atoms with Crippen LogP contribution in [-0.2, 0) is 19.1 Å². The molecular formula is C20H26N2O6. The van der Waals surface area contributed by atoms with Gasteiger partial charge in [0.25, 0.3) is 5.91 Å². The predicted molar refractivity (Wildman–Crippen MR) is 102 cm³/mol. The Bertz CT molecular complexity index is 733. The summed E-state index contributed by atoms with van der Waals surface area (Å²) in [5, 5.41) is 10.9. The molecule has 1 aliphatic rings. The fourth-order valence-corrected chi connectivity index (χ4v) is 3.77. The number of carbonyl (C=O) groups is 3. The van der Waals surface area contributed by atoms with Gasteiger partial charge in [-0.15, -0.1) is 0 Å². The molecule has 3 atom stereocenters. The minimum Gasteiger partial charge on any atom is -0.456 e. The van der Waals surface area contributed by atoms with Gasteiger partial charge in [-0.05, 0) is 31.9 Å². The number of Topliss-reactive ketones (excluding diaryl/α,β-unsaturated/α-hetero) is 1. The molecule has 1 fully saturated rings. The van der Waals surface area contributed by atoms with Gasteiger partial charge < -0.3 is 9.64 Å². The van der Waals surface area contributed by atoms with Gasteiger partial charge in [-0.25, -0.2) is 0 Å². The number of carbonyl (C=O) groups excluding carboxylic acids is 3. The molecule has 0 radical (unpaired) electrons. The van der Waals surface area contributed by atoms with Gasteiger partial charge in [-0.2, -0.15) is 0 Å². The first-order chi connectivity index (χ1) is 13.2. The molecule has 8 nitrogen and oxygen atoms in total. The quantitative estimate of drug-likeness (QED) is 0.383. The van der Waals surface area contributed by atoms with Gasteiger partial charge in [-0.3, -0.25) is 24.5 Å². The van der Waals surface area contributed by atoms with Gasteiger partial charge in [0.1, 0.15) is 5.78 Å². The van der Waals surface area contributed by atoms with Crippen LogP contribution in [0.15, 0.2) is 30.3 Å². The van der Waals surface area contributed by atoms with E-state index in [-0.39, 0.29) is 43.0 Å². The second-order valence-electron chi connectivity index (χ2n) is 7.49. The number of nitro groups is 1. The zero-order chi connectivity index (χ0) is 20.8. The highest BCUT2D eigenvalue weighted by atomic mass is 16.6. The molecular weight excluding hydrogens is 364 g/mol. The van der Waals surface area contributed by atoms with Crippen molar-refractivity contribution in [2.45, 2.75) is 39.7 Å². The topological polar surface area (TPSA) is 107 Å². The molecule has 0 unspecified atom stereocenters. The number of anilines is 1. The Morgan fingerprint density at radius 1 is 1.29 bits per heavy atom.